The molecule has 2 bridgehead atoms. The Bertz CT molecular complexity index is 933. The Hall–Kier alpha value is -1.92. The minimum Gasteiger partial charge on any atom is -0.330 e. The van der Waals surface area contributed by atoms with E-state index in [1.165, 1.54) is 37.8 Å². The Morgan fingerprint density at radius 3 is 3.10 bits per heavy atom. The van der Waals surface area contributed by atoms with E-state index >= 15 is 0 Å². The summed E-state index contributed by atoms with van der Waals surface area (Å²) in [6.07, 6.45) is 10.1. The Morgan fingerprint density at radius 1 is 1.24 bits per heavy atom. The molecule has 0 unspecified atom stereocenters. The number of amides is 1. The van der Waals surface area contributed by atoms with Crippen LogP contribution in [0.15, 0.2) is 35.2 Å². The Morgan fingerprint density at radius 2 is 2.21 bits per heavy atom. The molecule has 0 radical (unpaired) electrons. The number of piperidine rings is 3. The van der Waals surface area contributed by atoms with Crippen LogP contribution >= 0.6 is 11.3 Å². The van der Waals surface area contributed by atoms with Crippen molar-refractivity contribution in [2.75, 3.05) is 19.6 Å². The van der Waals surface area contributed by atoms with Crippen LogP contribution in [0, 0.1) is 11.8 Å². The van der Waals surface area contributed by atoms with Gasteiger partial charge in [0.15, 0.2) is 5.69 Å². The van der Waals surface area contributed by atoms with Crippen LogP contribution in [0.25, 0.3) is 10.6 Å². The van der Waals surface area contributed by atoms with Crippen LogP contribution in [0.4, 0.5) is 0 Å². The summed E-state index contributed by atoms with van der Waals surface area (Å²) in [5, 5.41) is 9.51. The highest BCUT2D eigenvalue weighted by Gasteiger charge is 2.47. The summed E-state index contributed by atoms with van der Waals surface area (Å²) in [4.78, 5) is 19.5. The zero-order valence-electron chi connectivity index (χ0n) is 16.7. The second-order valence-electron chi connectivity index (χ2n) is 9.15. The van der Waals surface area contributed by atoms with Crippen molar-refractivity contribution in [2.24, 2.45) is 11.8 Å². The molecule has 3 fully saturated rings. The zero-order chi connectivity index (χ0) is 19.4. The van der Waals surface area contributed by atoms with Crippen molar-refractivity contribution in [3.05, 3.63) is 40.9 Å². The molecular formula is C23H28N4OS. The summed E-state index contributed by atoms with van der Waals surface area (Å²) in [5.41, 5.74) is 3.03. The molecule has 4 aliphatic rings. The maximum Gasteiger partial charge on any atom is 0.274 e. The molecule has 0 aromatic carbocycles. The molecule has 2 aromatic rings. The summed E-state index contributed by atoms with van der Waals surface area (Å²) < 4.78 is 0. The summed E-state index contributed by atoms with van der Waals surface area (Å²) in [7, 11) is 0. The predicted molar refractivity (Wildman–Crippen MR) is 115 cm³/mol. The third-order valence-electron chi connectivity index (χ3n) is 7.50. The molecule has 0 saturated carbocycles. The van der Waals surface area contributed by atoms with Crippen LogP contribution in [0.2, 0.25) is 0 Å². The first-order valence-corrected chi connectivity index (χ1v) is 12.0. The molecule has 3 saturated heterocycles. The molecule has 6 heteroatoms. The van der Waals surface area contributed by atoms with Gasteiger partial charge in [0.25, 0.3) is 5.91 Å². The lowest BCUT2D eigenvalue weighted by molar-refractivity contribution is 0.00131. The van der Waals surface area contributed by atoms with E-state index in [1.54, 1.807) is 11.3 Å². The van der Waals surface area contributed by atoms with Gasteiger partial charge in [0.05, 0.1) is 16.6 Å². The molecule has 3 aliphatic heterocycles. The van der Waals surface area contributed by atoms with E-state index in [-0.39, 0.29) is 11.9 Å². The number of nitrogens with zero attached hydrogens (tertiary/aromatic N) is 3. The minimum absolute atomic E-state index is 0.0962. The van der Waals surface area contributed by atoms with E-state index in [0.717, 1.165) is 42.5 Å². The van der Waals surface area contributed by atoms with Crippen LogP contribution in [0.3, 0.4) is 0 Å². The number of carbonyl (C=O) groups excluding carboxylic acids is 1. The van der Waals surface area contributed by atoms with Crippen LogP contribution in [0.5, 0.6) is 0 Å². The highest BCUT2D eigenvalue weighted by molar-refractivity contribution is 7.13. The third-order valence-corrected chi connectivity index (χ3v) is 8.40. The van der Waals surface area contributed by atoms with Gasteiger partial charge in [0.2, 0.25) is 0 Å². The highest BCUT2D eigenvalue weighted by Crippen LogP contribution is 2.45. The van der Waals surface area contributed by atoms with Crippen molar-refractivity contribution in [1.29, 1.82) is 0 Å². The molecular weight excluding hydrogens is 380 g/mol. The maximum absolute atomic E-state index is 13.5. The molecule has 1 aliphatic carbocycles. The normalized spacial score (nSPS) is 31.7. The van der Waals surface area contributed by atoms with Crippen molar-refractivity contribution < 1.29 is 4.79 Å². The molecule has 4 atom stereocenters. The third kappa shape index (κ3) is 2.99. The number of hydrogen-bond donors (Lipinski definition) is 1. The van der Waals surface area contributed by atoms with Gasteiger partial charge in [-0.3, -0.25) is 14.8 Å². The van der Waals surface area contributed by atoms with Gasteiger partial charge in [0, 0.05) is 19.1 Å². The first-order chi connectivity index (χ1) is 14.3. The van der Waals surface area contributed by atoms with Gasteiger partial charge in [-0.1, -0.05) is 24.1 Å². The molecule has 2 aromatic heterocycles. The first kappa shape index (κ1) is 17.9. The summed E-state index contributed by atoms with van der Waals surface area (Å²) in [5.74, 6) is 1.37. The van der Waals surface area contributed by atoms with Crippen LogP contribution in [-0.2, 0) is 0 Å². The van der Waals surface area contributed by atoms with Gasteiger partial charge in [-0.05, 0) is 68.0 Å². The fourth-order valence-corrected chi connectivity index (χ4v) is 7.03. The van der Waals surface area contributed by atoms with Gasteiger partial charge < -0.3 is 4.90 Å². The number of hydrogen-bond acceptors (Lipinski definition) is 4. The first-order valence-electron chi connectivity index (χ1n) is 11.1. The van der Waals surface area contributed by atoms with Crippen LogP contribution in [-0.4, -0.2) is 57.6 Å². The topological polar surface area (TPSA) is 52.2 Å². The fourth-order valence-electron chi connectivity index (χ4n) is 6.34. The Balaban J connectivity index is 1.29. The number of fused-ring (bicyclic) bond motifs is 6. The summed E-state index contributed by atoms with van der Waals surface area (Å²) >= 11 is 1.67. The van der Waals surface area contributed by atoms with E-state index in [9.17, 15) is 4.79 Å². The smallest absolute Gasteiger partial charge is 0.274 e. The number of likely N-dealkylation sites (tertiary alicyclic amines) is 1. The Labute approximate surface area is 175 Å². The van der Waals surface area contributed by atoms with Gasteiger partial charge >= 0.3 is 0 Å². The van der Waals surface area contributed by atoms with Crippen molar-refractivity contribution in [3.63, 3.8) is 0 Å². The molecule has 5 heterocycles. The maximum atomic E-state index is 13.5. The van der Waals surface area contributed by atoms with E-state index in [0.29, 0.717) is 17.5 Å². The second kappa shape index (κ2) is 7.10. The van der Waals surface area contributed by atoms with Gasteiger partial charge in [-0.25, -0.2) is 0 Å². The van der Waals surface area contributed by atoms with Crippen molar-refractivity contribution in [3.8, 4) is 10.6 Å². The molecule has 5 nitrogen and oxygen atoms in total. The molecule has 1 N–H and O–H groups in total. The largest absolute Gasteiger partial charge is 0.330 e. The Kier molecular flexibility index (Phi) is 4.38. The number of carbonyl (C=O) groups is 1. The van der Waals surface area contributed by atoms with Crippen molar-refractivity contribution in [1.82, 2.24) is 20.0 Å². The molecule has 152 valence electrons. The molecule has 29 heavy (non-hydrogen) atoms. The molecule has 0 spiro atoms. The minimum atomic E-state index is 0.0962. The number of rotatable bonds is 2. The lowest BCUT2D eigenvalue weighted by Crippen LogP contribution is -2.60. The highest BCUT2D eigenvalue weighted by atomic mass is 32.1. The lowest BCUT2D eigenvalue weighted by Gasteiger charge is -2.54. The zero-order valence-corrected chi connectivity index (χ0v) is 17.5. The van der Waals surface area contributed by atoms with Crippen molar-refractivity contribution in [2.45, 2.75) is 50.6 Å². The van der Waals surface area contributed by atoms with Crippen molar-refractivity contribution >= 4 is 17.2 Å². The number of H-pyrrole nitrogens is 1. The number of aromatic amines is 1. The summed E-state index contributed by atoms with van der Waals surface area (Å²) in [6, 6.07) is 7.04. The SMILES string of the molecule is O=C(c1cc(-c2cccs2)[nH]n1)N1CCCC2=C[C@H]3C[C@@H](CN4CCCC[C@H]34)[C@H]21. The van der Waals surface area contributed by atoms with Crippen LogP contribution in [0.1, 0.15) is 49.0 Å². The number of nitrogens with one attached hydrogen (secondary N) is 1. The average Bonchev–Trinajstić information content (AvgIpc) is 3.45. The molecule has 6 rings (SSSR count). The summed E-state index contributed by atoms with van der Waals surface area (Å²) in [6.45, 7) is 3.26. The van der Waals surface area contributed by atoms with Gasteiger partial charge in [-0.2, -0.15) is 5.10 Å². The van der Waals surface area contributed by atoms with Gasteiger partial charge in [-0.15, -0.1) is 11.3 Å². The van der Waals surface area contributed by atoms with E-state index < -0.39 is 0 Å². The number of aromatic nitrogens is 2. The molecule has 1 amide bonds. The number of thiophene rings is 1. The average molecular weight is 409 g/mol. The monoisotopic (exact) mass is 408 g/mol. The second-order valence-corrected chi connectivity index (χ2v) is 10.1. The quantitative estimate of drug-likeness (QED) is 0.759. The van der Waals surface area contributed by atoms with Gasteiger partial charge in [0.1, 0.15) is 0 Å². The predicted octanol–water partition coefficient (Wildman–Crippen LogP) is 4.17. The van der Waals surface area contributed by atoms with E-state index in [1.807, 2.05) is 12.1 Å². The lowest BCUT2D eigenvalue weighted by atomic mass is 9.68. The standard InChI is InChI=1S/C23H28N4OS/c28-23(19-13-18(24-25-19)21-7-4-10-29-21)27-9-3-5-15-11-16-12-17(22(15)27)14-26-8-2-1-6-20(16)26/h4,7,10-11,13,16-17,20,22H,1-3,5-6,8-9,12,14H2,(H,24,25)/t16-,17-,20+,22-/m0/s1. The fraction of sp³-hybridized carbons (Fsp3) is 0.565. The van der Waals surface area contributed by atoms with E-state index in [4.69, 9.17) is 0 Å². The van der Waals surface area contributed by atoms with Crippen LogP contribution < -0.4 is 0 Å². The van der Waals surface area contributed by atoms with E-state index in [2.05, 4.69) is 37.5 Å².